The van der Waals surface area contributed by atoms with Crippen molar-refractivity contribution in [3.05, 3.63) is 0 Å². The molecule has 3 nitrogen and oxygen atoms in total. The highest BCUT2D eigenvalue weighted by Crippen LogP contribution is 2.27. The van der Waals surface area contributed by atoms with E-state index in [9.17, 15) is 4.79 Å². The Hall–Kier alpha value is -0.570. The van der Waals surface area contributed by atoms with Gasteiger partial charge in [0, 0.05) is 6.54 Å². The number of nitrogens with one attached hydrogen (secondary N) is 1. The molecule has 0 radical (unpaired) electrons. The van der Waals surface area contributed by atoms with Gasteiger partial charge in [-0.1, -0.05) is 48.0 Å². The highest BCUT2D eigenvalue weighted by atomic mass is 16.2. The van der Waals surface area contributed by atoms with E-state index in [-0.39, 0.29) is 17.6 Å². The minimum atomic E-state index is 0.00852. The molecule has 0 bridgehead atoms. The van der Waals surface area contributed by atoms with Crippen molar-refractivity contribution < 1.29 is 4.79 Å². The van der Waals surface area contributed by atoms with Gasteiger partial charge in [-0.3, -0.25) is 10.1 Å². The summed E-state index contributed by atoms with van der Waals surface area (Å²) in [6, 6.07) is 0.00852. The summed E-state index contributed by atoms with van der Waals surface area (Å²) < 4.78 is 0. The standard InChI is InChI=1S/C15H30N2O/c1-7-9-12-16-13(11(3)4)14(18)17(12)10-15(5,6)8-2/h11-13,16H,7-10H2,1-6H3. The van der Waals surface area contributed by atoms with Gasteiger partial charge in [0.1, 0.15) is 0 Å². The zero-order valence-corrected chi connectivity index (χ0v) is 12.9. The van der Waals surface area contributed by atoms with E-state index in [2.05, 4.69) is 51.8 Å². The van der Waals surface area contributed by atoms with Crippen molar-refractivity contribution in [2.24, 2.45) is 11.3 Å². The predicted octanol–water partition coefficient (Wildman–Crippen LogP) is 3.01. The van der Waals surface area contributed by atoms with Crippen molar-refractivity contribution >= 4 is 5.91 Å². The molecule has 2 atom stereocenters. The van der Waals surface area contributed by atoms with Crippen molar-refractivity contribution in [3.8, 4) is 0 Å². The molecule has 0 aliphatic carbocycles. The van der Waals surface area contributed by atoms with E-state index < -0.39 is 0 Å². The Bertz CT molecular complexity index is 286. The molecular weight excluding hydrogens is 224 g/mol. The monoisotopic (exact) mass is 254 g/mol. The third kappa shape index (κ3) is 3.47. The zero-order valence-electron chi connectivity index (χ0n) is 12.9. The van der Waals surface area contributed by atoms with Crippen LogP contribution in [0.15, 0.2) is 0 Å². The molecule has 3 heteroatoms. The van der Waals surface area contributed by atoms with Gasteiger partial charge in [0.05, 0.1) is 12.2 Å². The number of nitrogens with zero attached hydrogens (tertiary/aromatic N) is 1. The lowest BCUT2D eigenvalue weighted by Crippen LogP contribution is -2.42. The summed E-state index contributed by atoms with van der Waals surface area (Å²) in [4.78, 5) is 14.6. The first-order valence-electron chi connectivity index (χ1n) is 7.39. The van der Waals surface area contributed by atoms with Crippen molar-refractivity contribution in [2.45, 2.75) is 73.0 Å². The minimum absolute atomic E-state index is 0.00852. The smallest absolute Gasteiger partial charge is 0.241 e. The van der Waals surface area contributed by atoms with Gasteiger partial charge in [-0.25, -0.2) is 0 Å². The van der Waals surface area contributed by atoms with Crippen molar-refractivity contribution in [1.82, 2.24) is 10.2 Å². The first kappa shape index (κ1) is 15.5. The SMILES string of the molecule is CCCC1NC(C(C)C)C(=O)N1CC(C)(C)CC. The number of carbonyl (C=O) groups excluding carboxylic acids is 1. The Morgan fingerprint density at radius 1 is 1.33 bits per heavy atom. The van der Waals surface area contributed by atoms with E-state index >= 15 is 0 Å². The van der Waals surface area contributed by atoms with E-state index in [1.807, 2.05) is 0 Å². The van der Waals surface area contributed by atoms with Gasteiger partial charge in [0.25, 0.3) is 0 Å². The Kier molecular flexibility index (Phi) is 5.20. The van der Waals surface area contributed by atoms with Gasteiger partial charge in [0.15, 0.2) is 0 Å². The fraction of sp³-hybridized carbons (Fsp3) is 0.933. The van der Waals surface area contributed by atoms with Gasteiger partial charge in [-0.15, -0.1) is 0 Å². The number of hydrogen-bond acceptors (Lipinski definition) is 2. The normalized spacial score (nSPS) is 25.3. The van der Waals surface area contributed by atoms with Crippen LogP contribution in [-0.2, 0) is 4.79 Å². The molecule has 0 aromatic heterocycles. The average Bonchev–Trinajstić information content (AvgIpc) is 2.58. The molecule has 1 amide bonds. The van der Waals surface area contributed by atoms with Crippen LogP contribution >= 0.6 is 0 Å². The van der Waals surface area contributed by atoms with E-state index in [1.165, 1.54) is 0 Å². The van der Waals surface area contributed by atoms with Gasteiger partial charge in [-0.2, -0.15) is 0 Å². The first-order valence-corrected chi connectivity index (χ1v) is 7.39. The van der Waals surface area contributed by atoms with Crippen LogP contribution in [0.3, 0.4) is 0 Å². The lowest BCUT2D eigenvalue weighted by Gasteiger charge is -2.32. The minimum Gasteiger partial charge on any atom is -0.325 e. The van der Waals surface area contributed by atoms with Crippen molar-refractivity contribution in [3.63, 3.8) is 0 Å². The van der Waals surface area contributed by atoms with E-state index in [0.717, 1.165) is 25.8 Å². The maximum atomic E-state index is 12.5. The molecular formula is C15H30N2O. The topological polar surface area (TPSA) is 32.3 Å². The molecule has 0 spiro atoms. The second-order valence-corrected chi connectivity index (χ2v) is 6.68. The molecule has 1 aliphatic rings. The molecule has 0 saturated carbocycles. The number of amides is 1. The maximum Gasteiger partial charge on any atom is 0.241 e. The second kappa shape index (κ2) is 6.05. The molecule has 106 valence electrons. The Morgan fingerprint density at radius 2 is 1.94 bits per heavy atom. The molecule has 18 heavy (non-hydrogen) atoms. The molecule has 1 fully saturated rings. The van der Waals surface area contributed by atoms with Crippen LogP contribution in [0.25, 0.3) is 0 Å². The van der Waals surface area contributed by atoms with Gasteiger partial charge in [0.2, 0.25) is 5.91 Å². The van der Waals surface area contributed by atoms with Crippen LogP contribution < -0.4 is 5.32 Å². The van der Waals surface area contributed by atoms with E-state index in [0.29, 0.717) is 11.8 Å². The molecule has 1 aliphatic heterocycles. The fourth-order valence-corrected chi connectivity index (χ4v) is 2.45. The summed E-state index contributed by atoms with van der Waals surface area (Å²) >= 11 is 0. The van der Waals surface area contributed by atoms with E-state index in [4.69, 9.17) is 0 Å². The molecule has 0 aromatic carbocycles. The highest BCUT2D eigenvalue weighted by molar-refractivity contribution is 5.84. The zero-order chi connectivity index (χ0) is 13.9. The highest BCUT2D eigenvalue weighted by Gasteiger charge is 2.41. The predicted molar refractivity (Wildman–Crippen MR) is 76.2 cm³/mol. The molecule has 1 saturated heterocycles. The van der Waals surface area contributed by atoms with Crippen LogP contribution in [0.5, 0.6) is 0 Å². The van der Waals surface area contributed by atoms with Crippen LogP contribution in [0.1, 0.15) is 60.8 Å². The Morgan fingerprint density at radius 3 is 2.39 bits per heavy atom. The van der Waals surface area contributed by atoms with Gasteiger partial charge < -0.3 is 4.90 Å². The Balaban J connectivity index is 2.81. The average molecular weight is 254 g/mol. The lowest BCUT2D eigenvalue weighted by atomic mass is 9.89. The van der Waals surface area contributed by atoms with Crippen LogP contribution in [0.4, 0.5) is 0 Å². The summed E-state index contributed by atoms with van der Waals surface area (Å²) in [5.41, 5.74) is 0.204. The van der Waals surface area contributed by atoms with Crippen LogP contribution in [-0.4, -0.2) is 29.6 Å². The van der Waals surface area contributed by atoms with Crippen LogP contribution in [0, 0.1) is 11.3 Å². The maximum absolute atomic E-state index is 12.5. The number of rotatable bonds is 6. The molecule has 0 aromatic rings. The summed E-state index contributed by atoms with van der Waals surface area (Å²) in [7, 11) is 0. The first-order chi connectivity index (χ1) is 8.32. The third-order valence-corrected chi connectivity index (χ3v) is 4.08. The van der Waals surface area contributed by atoms with Crippen molar-refractivity contribution in [1.29, 1.82) is 0 Å². The summed E-state index contributed by atoms with van der Waals surface area (Å²) in [5, 5.41) is 3.51. The molecule has 1 heterocycles. The number of hydrogen-bond donors (Lipinski definition) is 1. The summed E-state index contributed by atoms with van der Waals surface area (Å²) in [6.45, 7) is 14.0. The largest absolute Gasteiger partial charge is 0.325 e. The molecule has 1 N–H and O–H groups in total. The third-order valence-electron chi connectivity index (χ3n) is 4.08. The quantitative estimate of drug-likeness (QED) is 0.790. The Labute approximate surface area is 112 Å². The van der Waals surface area contributed by atoms with Gasteiger partial charge >= 0.3 is 0 Å². The molecule has 2 unspecified atom stereocenters. The second-order valence-electron chi connectivity index (χ2n) is 6.68. The fourth-order valence-electron chi connectivity index (χ4n) is 2.45. The van der Waals surface area contributed by atoms with Gasteiger partial charge in [-0.05, 0) is 24.2 Å². The lowest BCUT2D eigenvalue weighted by molar-refractivity contribution is -0.132. The summed E-state index contributed by atoms with van der Waals surface area (Å²) in [6.07, 6.45) is 3.50. The van der Waals surface area contributed by atoms with Crippen molar-refractivity contribution in [2.75, 3.05) is 6.54 Å². The molecule has 1 rings (SSSR count). The van der Waals surface area contributed by atoms with E-state index in [1.54, 1.807) is 0 Å². The summed E-state index contributed by atoms with van der Waals surface area (Å²) in [5.74, 6) is 0.663. The van der Waals surface area contributed by atoms with Crippen LogP contribution in [0.2, 0.25) is 0 Å². The number of carbonyl (C=O) groups is 1.